The molecular formula is C21H16BrFN4O2. The number of halogens is 2. The molecule has 1 aliphatic rings. The molecule has 0 saturated carbocycles. The summed E-state index contributed by atoms with van der Waals surface area (Å²) in [5.41, 5.74) is 1.89. The average molecular weight is 455 g/mol. The summed E-state index contributed by atoms with van der Waals surface area (Å²) in [5.74, 6) is -1.51. The molecule has 0 fully saturated rings. The minimum absolute atomic E-state index is 0.167. The van der Waals surface area contributed by atoms with Gasteiger partial charge in [0.2, 0.25) is 5.91 Å². The highest BCUT2D eigenvalue weighted by Gasteiger charge is 2.37. The van der Waals surface area contributed by atoms with Gasteiger partial charge < -0.3 is 16.1 Å². The van der Waals surface area contributed by atoms with Crippen molar-refractivity contribution in [2.45, 2.75) is 6.92 Å². The SMILES string of the molecule is CC(=O)N1C(=O)/C(=C(\N/C(C=N)=C/C=N)c2cccc(F)c2)c2cc(Br)ccc21. The molecule has 2 aromatic carbocycles. The van der Waals surface area contributed by atoms with E-state index in [1.54, 1.807) is 24.3 Å². The highest BCUT2D eigenvalue weighted by Crippen LogP contribution is 2.41. The molecule has 0 spiro atoms. The molecule has 6 nitrogen and oxygen atoms in total. The van der Waals surface area contributed by atoms with Crippen LogP contribution in [0.5, 0.6) is 0 Å². The smallest absolute Gasteiger partial charge is 0.267 e. The molecule has 0 aliphatic carbocycles. The van der Waals surface area contributed by atoms with E-state index in [-0.39, 0.29) is 17.0 Å². The highest BCUT2D eigenvalue weighted by molar-refractivity contribution is 9.10. The molecule has 0 unspecified atom stereocenters. The number of rotatable bonds is 5. The lowest BCUT2D eigenvalue weighted by atomic mass is 10.00. The van der Waals surface area contributed by atoms with E-state index in [1.165, 1.54) is 31.2 Å². The van der Waals surface area contributed by atoms with E-state index in [9.17, 15) is 14.0 Å². The molecule has 29 heavy (non-hydrogen) atoms. The Morgan fingerprint density at radius 1 is 1.21 bits per heavy atom. The van der Waals surface area contributed by atoms with Crippen molar-refractivity contribution in [1.82, 2.24) is 5.32 Å². The number of amides is 2. The first-order valence-corrected chi connectivity index (χ1v) is 9.30. The van der Waals surface area contributed by atoms with Crippen LogP contribution in [0.25, 0.3) is 11.3 Å². The monoisotopic (exact) mass is 454 g/mol. The molecule has 2 aromatic rings. The predicted octanol–water partition coefficient (Wildman–Crippen LogP) is 4.12. The van der Waals surface area contributed by atoms with Crippen LogP contribution in [0.1, 0.15) is 18.1 Å². The van der Waals surface area contributed by atoms with Crippen LogP contribution in [0, 0.1) is 16.6 Å². The number of fused-ring (bicyclic) bond motifs is 1. The van der Waals surface area contributed by atoms with E-state index in [2.05, 4.69) is 21.2 Å². The Kier molecular flexibility index (Phi) is 5.84. The van der Waals surface area contributed by atoms with Gasteiger partial charge in [0, 0.05) is 35.0 Å². The van der Waals surface area contributed by atoms with Gasteiger partial charge in [-0.05, 0) is 36.4 Å². The molecule has 2 amide bonds. The van der Waals surface area contributed by atoms with Crippen molar-refractivity contribution < 1.29 is 14.0 Å². The van der Waals surface area contributed by atoms with Gasteiger partial charge in [-0.2, -0.15) is 0 Å². The molecule has 8 heteroatoms. The second kappa shape index (κ2) is 8.32. The van der Waals surface area contributed by atoms with Gasteiger partial charge in [-0.25, -0.2) is 9.29 Å². The van der Waals surface area contributed by atoms with Crippen LogP contribution in [-0.4, -0.2) is 24.2 Å². The average Bonchev–Trinajstić information content (AvgIpc) is 2.96. The van der Waals surface area contributed by atoms with Gasteiger partial charge >= 0.3 is 0 Å². The third-order valence-electron chi connectivity index (χ3n) is 4.25. The Hall–Kier alpha value is -3.39. The number of nitrogens with one attached hydrogen (secondary N) is 3. The summed E-state index contributed by atoms with van der Waals surface area (Å²) in [5, 5.41) is 17.8. The van der Waals surface area contributed by atoms with Crippen LogP contribution >= 0.6 is 15.9 Å². The van der Waals surface area contributed by atoms with E-state index in [0.29, 0.717) is 21.3 Å². The van der Waals surface area contributed by atoms with Crippen LogP contribution in [0.2, 0.25) is 0 Å². The van der Waals surface area contributed by atoms with Crippen LogP contribution < -0.4 is 10.2 Å². The van der Waals surface area contributed by atoms with Crippen molar-refractivity contribution in [3.63, 3.8) is 0 Å². The van der Waals surface area contributed by atoms with E-state index < -0.39 is 17.6 Å². The van der Waals surface area contributed by atoms with Gasteiger partial charge in [-0.15, -0.1) is 0 Å². The lowest BCUT2D eigenvalue weighted by Crippen LogP contribution is -2.32. The normalized spacial score (nSPS) is 15.1. The molecule has 3 rings (SSSR count). The van der Waals surface area contributed by atoms with Gasteiger partial charge in [-0.1, -0.05) is 28.1 Å². The van der Waals surface area contributed by atoms with Gasteiger partial charge in [-0.3, -0.25) is 9.59 Å². The number of carbonyl (C=O) groups excluding carboxylic acids is 2. The van der Waals surface area contributed by atoms with Crippen LogP contribution in [0.3, 0.4) is 0 Å². The highest BCUT2D eigenvalue weighted by atomic mass is 79.9. The second-order valence-electron chi connectivity index (χ2n) is 6.14. The topological polar surface area (TPSA) is 97.1 Å². The molecule has 1 aliphatic heterocycles. The van der Waals surface area contributed by atoms with Crippen LogP contribution in [0.15, 0.2) is 58.7 Å². The summed E-state index contributed by atoms with van der Waals surface area (Å²) < 4.78 is 14.6. The van der Waals surface area contributed by atoms with Crippen molar-refractivity contribution in [1.29, 1.82) is 10.8 Å². The first-order chi connectivity index (χ1) is 13.9. The van der Waals surface area contributed by atoms with E-state index in [0.717, 1.165) is 17.3 Å². The first-order valence-electron chi connectivity index (χ1n) is 8.50. The van der Waals surface area contributed by atoms with Crippen molar-refractivity contribution in [2.24, 2.45) is 0 Å². The largest absolute Gasteiger partial charge is 0.353 e. The zero-order valence-corrected chi connectivity index (χ0v) is 16.9. The zero-order chi connectivity index (χ0) is 21.1. The molecule has 0 radical (unpaired) electrons. The standard InChI is InChI=1S/C21H16BrFN4O2/c1-12(28)27-18-6-5-14(22)10-17(18)19(21(27)29)20(26-16(11-25)7-8-24)13-3-2-4-15(23)9-13/h2-11,24-26H,1H3/b16-7+,20-19-,24-8?,25-11?. The third-order valence-corrected chi connectivity index (χ3v) is 4.74. The number of nitrogens with zero attached hydrogens (tertiary/aromatic N) is 1. The summed E-state index contributed by atoms with van der Waals surface area (Å²) in [6.45, 7) is 1.29. The van der Waals surface area contributed by atoms with Crippen LogP contribution in [-0.2, 0) is 9.59 Å². The van der Waals surface area contributed by atoms with Gasteiger partial charge in [0.25, 0.3) is 5.91 Å². The number of carbonyl (C=O) groups is 2. The van der Waals surface area contributed by atoms with E-state index in [4.69, 9.17) is 10.8 Å². The quantitative estimate of drug-likeness (QED) is 0.468. The second-order valence-corrected chi connectivity index (χ2v) is 7.06. The summed E-state index contributed by atoms with van der Waals surface area (Å²) >= 11 is 3.38. The Morgan fingerprint density at radius 3 is 2.59 bits per heavy atom. The zero-order valence-electron chi connectivity index (χ0n) is 15.3. The maximum absolute atomic E-state index is 13.9. The Labute approximate surface area is 174 Å². The van der Waals surface area contributed by atoms with Crippen molar-refractivity contribution >= 4 is 57.1 Å². The minimum atomic E-state index is -0.559. The van der Waals surface area contributed by atoms with Gasteiger partial charge in [0.05, 0.1) is 22.7 Å². The Morgan fingerprint density at radius 2 is 1.97 bits per heavy atom. The minimum Gasteiger partial charge on any atom is -0.353 e. The Balaban J connectivity index is 2.35. The molecule has 3 N–H and O–H groups in total. The summed E-state index contributed by atoms with van der Waals surface area (Å²) in [6.07, 6.45) is 3.30. The van der Waals surface area contributed by atoms with Crippen molar-refractivity contribution in [3.8, 4) is 0 Å². The first kappa shape index (κ1) is 20.3. The summed E-state index contributed by atoms with van der Waals surface area (Å²) in [6, 6.07) is 10.7. The van der Waals surface area contributed by atoms with Crippen molar-refractivity contribution in [3.05, 3.63) is 75.7 Å². The van der Waals surface area contributed by atoms with Gasteiger partial charge in [0.1, 0.15) is 5.82 Å². The number of hydrogen-bond acceptors (Lipinski definition) is 5. The van der Waals surface area contributed by atoms with E-state index >= 15 is 0 Å². The number of allylic oxidation sites excluding steroid dienone is 2. The number of hydrogen-bond donors (Lipinski definition) is 3. The third kappa shape index (κ3) is 3.93. The molecule has 0 aromatic heterocycles. The summed E-state index contributed by atoms with van der Waals surface area (Å²) in [4.78, 5) is 26.4. The molecule has 0 atom stereocenters. The maximum Gasteiger partial charge on any atom is 0.267 e. The fourth-order valence-corrected chi connectivity index (χ4v) is 3.44. The fourth-order valence-electron chi connectivity index (χ4n) is 3.08. The van der Waals surface area contributed by atoms with Gasteiger partial charge in [0.15, 0.2) is 0 Å². The molecule has 0 saturated heterocycles. The van der Waals surface area contributed by atoms with Crippen molar-refractivity contribution in [2.75, 3.05) is 4.90 Å². The molecular weight excluding hydrogens is 439 g/mol. The number of imide groups is 1. The predicted molar refractivity (Wildman–Crippen MR) is 114 cm³/mol. The maximum atomic E-state index is 13.9. The van der Waals surface area contributed by atoms with Crippen LogP contribution in [0.4, 0.5) is 10.1 Å². The summed E-state index contributed by atoms with van der Waals surface area (Å²) in [7, 11) is 0. The Bertz CT molecular complexity index is 1110. The molecule has 1 heterocycles. The fraction of sp³-hybridized carbons (Fsp3) is 0.0476. The number of benzene rings is 2. The van der Waals surface area contributed by atoms with E-state index in [1.807, 2.05) is 0 Å². The lowest BCUT2D eigenvalue weighted by molar-refractivity contribution is -0.122. The molecule has 146 valence electrons. The number of anilines is 1. The lowest BCUT2D eigenvalue weighted by Gasteiger charge is -2.16. The molecule has 0 bridgehead atoms.